The summed E-state index contributed by atoms with van der Waals surface area (Å²) in [6.07, 6.45) is 5.13. The predicted octanol–water partition coefficient (Wildman–Crippen LogP) is 0.233. The van der Waals surface area contributed by atoms with Crippen molar-refractivity contribution in [3.63, 3.8) is 0 Å². The zero-order chi connectivity index (χ0) is 21.5. The summed E-state index contributed by atoms with van der Waals surface area (Å²) in [6.45, 7) is 0.399. The van der Waals surface area contributed by atoms with Crippen molar-refractivity contribution >= 4 is 17.7 Å². The van der Waals surface area contributed by atoms with Gasteiger partial charge in [0.25, 0.3) is 5.62 Å². The minimum atomic E-state index is -0.519. The van der Waals surface area contributed by atoms with Crippen molar-refractivity contribution < 1.29 is 9.50 Å². The molecule has 0 unspecified atom stereocenters. The fourth-order valence-corrected chi connectivity index (χ4v) is 3.22. The van der Waals surface area contributed by atoms with Crippen molar-refractivity contribution in [2.45, 2.75) is 25.4 Å². The number of H-pyrrole nitrogens is 2. The molecule has 1 aliphatic rings. The maximum Gasteiger partial charge on any atom is 0.326 e. The van der Waals surface area contributed by atoms with E-state index in [4.69, 9.17) is 0 Å². The van der Waals surface area contributed by atoms with E-state index in [2.05, 4.69) is 30.0 Å². The van der Waals surface area contributed by atoms with E-state index in [1.807, 2.05) is 13.1 Å². The van der Waals surface area contributed by atoms with Crippen molar-refractivity contribution in [1.29, 1.82) is 0 Å². The van der Waals surface area contributed by atoms with Crippen LogP contribution in [0.15, 0.2) is 40.2 Å². The lowest BCUT2D eigenvalue weighted by Gasteiger charge is -2.17. The lowest BCUT2D eigenvalue weighted by atomic mass is 10.2. The highest BCUT2D eigenvalue weighted by Gasteiger charge is 2.21. The molecule has 0 amide bonds. The first kappa shape index (κ1) is 19.0. The van der Waals surface area contributed by atoms with Gasteiger partial charge in [0, 0.05) is 18.8 Å². The number of aromatic amines is 2. The number of fused-ring (bicyclic) bond motifs is 1. The summed E-state index contributed by atoms with van der Waals surface area (Å²) in [5.41, 5.74) is 1.36. The third kappa shape index (κ3) is 3.89. The van der Waals surface area contributed by atoms with Crippen LogP contribution in [0.25, 0.3) is 11.7 Å². The molecule has 5 rings (SSSR count). The smallest absolute Gasteiger partial charge is 0.326 e. The van der Waals surface area contributed by atoms with Gasteiger partial charge < -0.3 is 15.0 Å². The average Bonchev–Trinajstić information content (AvgIpc) is 3.36. The number of imidazole rings is 1. The maximum atomic E-state index is 13.6. The van der Waals surface area contributed by atoms with Gasteiger partial charge in [-0.1, -0.05) is 12.1 Å². The van der Waals surface area contributed by atoms with E-state index in [1.54, 1.807) is 23.2 Å². The molecular weight excluding hydrogens is 403 g/mol. The van der Waals surface area contributed by atoms with Gasteiger partial charge in [-0.25, -0.2) is 14.2 Å². The number of aromatic hydroxyl groups is 1. The normalized spacial score (nSPS) is 15.2. The molecule has 1 aromatic carbocycles. The molecule has 11 heteroatoms. The van der Waals surface area contributed by atoms with E-state index in [0.29, 0.717) is 29.0 Å². The fraction of sp³-hybridized carbons (Fsp3) is 0.250. The molecule has 158 valence electrons. The van der Waals surface area contributed by atoms with Crippen LogP contribution in [0.3, 0.4) is 0 Å². The number of aromatic nitrogens is 6. The Balaban J connectivity index is 1.63. The van der Waals surface area contributed by atoms with Gasteiger partial charge in [0.1, 0.15) is 11.5 Å². The Morgan fingerprint density at radius 3 is 2.90 bits per heavy atom. The lowest BCUT2D eigenvalue weighted by molar-refractivity contribution is 0.454. The van der Waals surface area contributed by atoms with Gasteiger partial charge in [-0.2, -0.15) is 19.6 Å². The Hall–Kier alpha value is -4.02. The van der Waals surface area contributed by atoms with Crippen LogP contribution in [0.4, 0.5) is 10.3 Å². The third-order valence-electron chi connectivity index (χ3n) is 4.90. The minimum Gasteiger partial charge on any atom is -0.493 e. The molecule has 1 aliphatic carbocycles. The van der Waals surface area contributed by atoms with Gasteiger partial charge in [0.2, 0.25) is 11.8 Å². The molecule has 0 aliphatic heterocycles. The van der Waals surface area contributed by atoms with Crippen LogP contribution < -0.4 is 21.4 Å². The summed E-state index contributed by atoms with van der Waals surface area (Å²) >= 11 is 0. The van der Waals surface area contributed by atoms with E-state index in [9.17, 15) is 14.3 Å². The van der Waals surface area contributed by atoms with Crippen LogP contribution in [-0.2, 0) is 6.54 Å². The average molecular weight is 422 g/mol. The first-order chi connectivity index (χ1) is 15.0. The Labute approximate surface area is 174 Å². The third-order valence-corrected chi connectivity index (χ3v) is 4.90. The van der Waals surface area contributed by atoms with Gasteiger partial charge in [0.15, 0.2) is 5.65 Å². The van der Waals surface area contributed by atoms with Gasteiger partial charge in [-0.05, 0) is 36.6 Å². The molecule has 0 saturated heterocycles. The van der Waals surface area contributed by atoms with Crippen molar-refractivity contribution in [3.8, 4) is 5.88 Å². The number of hydrogen-bond acceptors (Lipinski definition) is 7. The van der Waals surface area contributed by atoms with Gasteiger partial charge in [-0.3, -0.25) is 4.98 Å². The van der Waals surface area contributed by atoms with E-state index in [1.165, 1.54) is 16.6 Å². The molecule has 4 aromatic rings. The molecule has 31 heavy (non-hydrogen) atoms. The Morgan fingerprint density at radius 2 is 2.19 bits per heavy atom. The van der Waals surface area contributed by atoms with Gasteiger partial charge in [-0.15, -0.1) is 0 Å². The van der Waals surface area contributed by atoms with E-state index in [0.717, 1.165) is 18.4 Å². The molecule has 0 atom stereocenters. The molecule has 0 spiro atoms. The monoisotopic (exact) mass is 422 g/mol. The lowest BCUT2D eigenvalue weighted by Crippen LogP contribution is -2.28. The number of halogens is 1. The second-order valence-corrected chi connectivity index (χ2v) is 7.49. The van der Waals surface area contributed by atoms with Crippen LogP contribution in [0.1, 0.15) is 24.1 Å². The number of hydrogen-bond donors (Lipinski definition) is 3. The van der Waals surface area contributed by atoms with Crippen LogP contribution in [0, 0.1) is 5.82 Å². The van der Waals surface area contributed by atoms with Crippen molar-refractivity contribution in [2.24, 2.45) is 4.99 Å². The van der Waals surface area contributed by atoms with Crippen LogP contribution in [0.5, 0.6) is 5.88 Å². The zero-order valence-corrected chi connectivity index (χ0v) is 16.6. The summed E-state index contributed by atoms with van der Waals surface area (Å²) < 4.78 is 15.1. The first-order valence-corrected chi connectivity index (χ1v) is 9.74. The Kier molecular flexibility index (Phi) is 4.50. The highest BCUT2D eigenvalue weighted by atomic mass is 19.1. The summed E-state index contributed by atoms with van der Waals surface area (Å²) in [7, 11) is 1.81. The SMILES string of the molecule is CN(Cc1cccc(F)c1)c1nc(=NC2CC2)n2nc/c(=C\c3[nH]c(=O)[nH]c3O)c2n1. The first-order valence-electron chi connectivity index (χ1n) is 9.74. The quantitative estimate of drug-likeness (QED) is 0.423. The summed E-state index contributed by atoms with van der Waals surface area (Å²) in [5, 5.41) is 14.8. The maximum absolute atomic E-state index is 13.6. The number of anilines is 1. The molecule has 1 saturated carbocycles. The summed E-state index contributed by atoms with van der Waals surface area (Å²) in [6, 6.07) is 6.56. The summed E-state index contributed by atoms with van der Waals surface area (Å²) in [4.78, 5) is 31.9. The Morgan fingerprint density at radius 1 is 1.35 bits per heavy atom. The number of nitrogens with zero attached hydrogens (tertiary/aromatic N) is 6. The van der Waals surface area contributed by atoms with Crippen molar-refractivity contribution in [2.75, 3.05) is 11.9 Å². The van der Waals surface area contributed by atoms with E-state index in [-0.39, 0.29) is 23.4 Å². The van der Waals surface area contributed by atoms with Crippen LogP contribution in [0.2, 0.25) is 0 Å². The minimum absolute atomic E-state index is 0.209. The zero-order valence-electron chi connectivity index (χ0n) is 16.6. The molecule has 3 heterocycles. The Bertz CT molecular complexity index is 1450. The summed E-state index contributed by atoms with van der Waals surface area (Å²) in [5.74, 6) is -0.178. The molecule has 3 N–H and O–H groups in total. The van der Waals surface area contributed by atoms with Gasteiger partial charge >= 0.3 is 5.69 Å². The highest BCUT2D eigenvalue weighted by Crippen LogP contribution is 2.22. The van der Waals surface area contributed by atoms with Crippen molar-refractivity contribution in [3.05, 3.63) is 68.9 Å². The predicted molar refractivity (Wildman–Crippen MR) is 110 cm³/mol. The van der Waals surface area contributed by atoms with E-state index >= 15 is 0 Å². The fourth-order valence-electron chi connectivity index (χ4n) is 3.22. The second kappa shape index (κ2) is 7.35. The topological polar surface area (TPSA) is 128 Å². The molecule has 3 aromatic heterocycles. The molecule has 0 radical (unpaired) electrons. The standard InChI is InChI=1S/C20H19FN8O2/c1-28(10-11-3-2-4-13(21)7-11)18-25-16-12(8-15-17(30)26-20(31)24-15)9-22-29(16)19(27-18)23-14-5-6-14/h2-4,7-9,14,30H,5-6,10H2,1H3,(H2,24,26,31)/b12-8+,23-19?. The number of rotatable bonds is 5. The molecule has 0 bridgehead atoms. The number of nitrogens with one attached hydrogen (secondary N) is 2. The van der Waals surface area contributed by atoms with Crippen molar-refractivity contribution in [1.82, 2.24) is 29.5 Å². The number of benzene rings is 1. The van der Waals surface area contributed by atoms with E-state index < -0.39 is 5.69 Å². The largest absolute Gasteiger partial charge is 0.493 e. The van der Waals surface area contributed by atoms with Gasteiger partial charge in [0.05, 0.1) is 12.2 Å². The van der Waals surface area contributed by atoms with Crippen LogP contribution in [-0.4, -0.2) is 47.7 Å². The second-order valence-electron chi connectivity index (χ2n) is 7.49. The molecular formula is C20H19FN8O2. The highest BCUT2D eigenvalue weighted by molar-refractivity contribution is 5.57. The molecule has 10 nitrogen and oxygen atoms in total. The molecule has 1 fully saturated rings. The van der Waals surface area contributed by atoms with Crippen LogP contribution >= 0.6 is 0 Å².